The number of hydrogen-bond acceptors (Lipinski definition) is 9. The van der Waals surface area contributed by atoms with Gasteiger partial charge >= 0.3 is 0 Å². The molecule has 3 atom stereocenters. The van der Waals surface area contributed by atoms with Gasteiger partial charge in [-0.2, -0.15) is 15.1 Å². The number of sulfone groups is 1. The highest BCUT2D eigenvalue weighted by Crippen LogP contribution is 2.42. The Morgan fingerprint density at radius 2 is 2.06 bits per heavy atom. The first-order valence-electron chi connectivity index (χ1n) is 11.4. The van der Waals surface area contributed by atoms with Crippen molar-refractivity contribution >= 4 is 38.3 Å². The van der Waals surface area contributed by atoms with Crippen LogP contribution in [0, 0.1) is 11.7 Å². The Hall–Kier alpha value is -2.83. The molecular formula is C22H29FN8O2S. The van der Waals surface area contributed by atoms with Crippen LogP contribution in [0.5, 0.6) is 0 Å². The Morgan fingerprint density at radius 1 is 1.26 bits per heavy atom. The normalized spacial score (nSPS) is 22.9. The summed E-state index contributed by atoms with van der Waals surface area (Å²) in [6.45, 7) is 4.91. The van der Waals surface area contributed by atoms with Crippen LogP contribution < -0.4 is 21.9 Å². The van der Waals surface area contributed by atoms with E-state index in [9.17, 15) is 12.8 Å². The molecule has 0 amide bonds. The van der Waals surface area contributed by atoms with E-state index < -0.39 is 15.7 Å². The smallest absolute Gasteiger partial charge is 0.231 e. The van der Waals surface area contributed by atoms with Crippen molar-refractivity contribution in [2.24, 2.45) is 5.92 Å². The molecule has 3 unspecified atom stereocenters. The van der Waals surface area contributed by atoms with Crippen LogP contribution in [-0.4, -0.2) is 47.0 Å². The highest BCUT2D eigenvalue weighted by molar-refractivity contribution is 7.90. The first-order chi connectivity index (χ1) is 16.1. The zero-order valence-corrected chi connectivity index (χ0v) is 20.2. The van der Waals surface area contributed by atoms with Gasteiger partial charge in [0.25, 0.3) is 0 Å². The minimum absolute atomic E-state index is 0.0309. The number of nitrogen functional groups attached to an aromatic ring is 1. The van der Waals surface area contributed by atoms with Gasteiger partial charge in [-0.25, -0.2) is 17.5 Å². The fraction of sp³-hybridized carbons (Fsp3) is 0.500. The molecule has 5 rings (SSSR count). The molecule has 0 bridgehead atoms. The number of anilines is 3. The fourth-order valence-corrected chi connectivity index (χ4v) is 5.72. The Bertz CT molecular complexity index is 1360. The number of nitrogens with two attached hydrogens (primary N) is 1. The van der Waals surface area contributed by atoms with E-state index in [0.717, 1.165) is 49.2 Å². The second-order valence-corrected chi connectivity index (χ2v) is 11.4. The molecule has 2 aromatic heterocycles. The van der Waals surface area contributed by atoms with Crippen LogP contribution >= 0.6 is 0 Å². The molecule has 5 N–H and O–H groups in total. The topological polar surface area (TPSA) is 140 Å². The minimum atomic E-state index is -3.52. The molecule has 1 aromatic carbocycles. The van der Waals surface area contributed by atoms with Crippen LogP contribution in [0.25, 0.3) is 11.0 Å². The summed E-state index contributed by atoms with van der Waals surface area (Å²) in [4.78, 5) is 8.96. The van der Waals surface area contributed by atoms with E-state index in [4.69, 9.17) is 10.8 Å². The number of nitrogens with zero attached hydrogens (tertiary/aromatic N) is 4. The maximum absolute atomic E-state index is 14.6. The van der Waals surface area contributed by atoms with E-state index in [-0.39, 0.29) is 34.3 Å². The standard InChI is InChI=1S/C22H29FN8O2S/c1-11(2)31-21-18(19(30-31)13-5-4-6-16-14(13)10-25-29-16)20(24)27-22(28-21)26-17-8-7-12(9-15(17)23)34(3,32)33/h7-9,11,13-14,16,25,29H,4-6,10H2,1-3H3,(H3,24,26,27,28). The Kier molecular flexibility index (Phi) is 5.69. The van der Waals surface area contributed by atoms with Crippen LogP contribution in [-0.2, 0) is 9.84 Å². The second-order valence-electron chi connectivity index (χ2n) is 9.43. The number of aromatic nitrogens is 4. The molecule has 2 fully saturated rings. The molecule has 3 heterocycles. The van der Waals surface area contributed by atoms with Crippen LogP contribution in [0.15, 0.2) is 23.1 Å². The molecule has 1 saturated carbocycles. The molecule has 182 valence electrons. The average molecular weight is 489 g/mol. The fourth-order valence-electron chi connectivity index (χ4n) is 5.09. The number of hydrogen-bond donors (Lipinski definition) is 4. The lowest BCUT2D eigenvalue weighted by Gasteiger charge is -2.31. The zero-order chi connectivity index (χ0) is 24.2. The summed E-state index contributed by atoms with van der Waals surface area (Å²) >= 11 is 0. The molecule has 3 aromatic rings. The third-order valence-corrected chi connectivity index (χ3v) is 7.86. The predicted molar refractivity (Wildman–Crippen MR) is 128 cm³/mol. The molecule has 12 heteroatoms. The first kappa shape index (κ1) is 22.9. The summed E-state index contributed by atoms with van der Waals surface area (Å²) < 4.78 is 39.9. The summed E-state index contributed by atoms with van der Waals surface area (Å²) in [6.07, 6.45) is 4.27. The first-order valence-corrected chi connectivity index (χ1v) is 13.3. The molecule has 0 spiro atoms. The Morgan fingerprint density at radius 3 is 2.76 bits per heavy atom. The summed E-state index contributed by atoms with van der Waals surface area (Å²) in [6, 6.07) is 4.09. The minimum Gasteiger partial charge on any atom is -0.383 e. The van der Waals surface area contributed by atoms with Gasteiger partial charge in [0.2, 0.25) is 5.95 Å². The van der Waals surface area contributed by atoms with Gasteiger partial charge in [-0.3, -0.25) is 10.9 Å². The maximum atomic E-state index is 14.6. The molecule has 1 aliphatic carbocycles. The predicted octanol–water partition coefficient (Wildman–Crippen LogP) is 2.64. The van der Waals surface area contributed by atoms with Gasteiger partial charge < -0.3 is 11.1 Å². The molecule has 10 nitrogen and oxygen atoms in total. The number of benzene rings is 1. The number of fused-ring (bicyclic) bond motifs is 2. The van der Waals surface area contributed by atoms with Crippen molar-refractivity contribution in [1.82, 2.24) is 30.6 Å². The highest BCUT2D eigenvalue weighted by Gasteiger charge is 2.40. The number of halogens is 1. The lowest BCUT2D eigenvalue weighted by molar-refractivity contribution is 0.287. The third-order valence-electron chi connectivity index (χ3n) is 6.75. The third kappa shape index (κ3) is 3.99. The summed E-state index contributed by atoms with van der Waals surface area (Å²) in [5, 5.41) is 8.53. The van der Waals surface area contributed by atoms with Gasteiger partial charge in [0.05, 0.1) is 21.7 Å². The van der Waals surface area contributed by atoms with Crippen LogP contribution in [0.2, 0.25) is 0 Å². The van der Waals surface area contributed by atoms with Gasteiger partial charge in [0.15, 0.2) is 15.5 Å². The van der Waals surface area contributed by atoms with E-state index in [1.165, 1.54) is 12.1 Å². The van der Waals surface area contributed by atoms with Crippen molar-refractivity contribution < 1.29 is 12.8 Å². The van der Waals surface area contributed by atoms with Crippen molar-refractivity contribution in [2.45, 2.75) is 56.0 Å². The van der Waals surface area contributed by atoms with E-state index in [1.807, 2.05) is 18.5 Å². The van der Waals surface area contributed by atoms with E-state index in [1.54, 1.807) is 0 Å². The summed E-state index contributed by atoms with van der Waals surface area (Å²) in [5.41, 5.74) is 14.7. The molecule has 2 aliphatic rings. The molecule has 0 radical (unpaired) electrons. The number of rotatable bonds is 5. The summed E-state index contributed by atoms with van der Waals surface area (Å²) in [7, 11) is -3.52. The molecular weight excluding hydrogens is 459 g/mol. The van der Waals surface area contributed by atoms with Crippen LogP contribution in [0.4, 0.5) is 21.8 Å². The highest BCUT2D eigenvalue weighted by atomic mass is 32.2. The zero-order valence-electron chi connectivity index (χ0n) is 19.3. The Balaban J connectivity index is 1.56. The van der Waals surface area contributed by atoms with Crippen molar-refractivity contribution in [3.63, 3.8) is 0 Å². The van der Waals surface area contributed by atoms with Crippen LogP contribution in [0.3, 0.4) is 0 Å². The lowest BCUT2D eigenvalue weighted by atomic mass is 9.75. The monoisotopic (exact) mass is 488 g/mol. The largest absolute Gasteiger partial charge is 0.383 e. The van der Waals surface area contributed by atoms with E-state index >= 15 is 0 Å². The van der Waals surface area contributed by atoms with Gasteiger partial charge in [-0.1, -0.05) is 6.42 Å². The van der Waals surface area contributed by atoms with Crippen molar-refractivity contribution in [2.75, 3.05) is 23.9 Å². The maximum Gasteiger partial charge on any atom is 0.231 e. The molecule has 1 saturated heterocycles. The van der Waals surface area contributed by atoms with Crippen molar-refractivity contribution in [3.05, 3.63) is 29.7 Å². The lowest BCUT2D eigenvalue weighted by Crippen LogP contribution is -2.36. The van der Waals surface area contributed by atoms with Gasteiger partial charge in [-0.15, -0.1) is 0 Å². The van der Waals surface area contributed by atoms with Gasteiger partial charge in [-0.05, 0) is 50.8 Å². The van der Waals surface area contributed by atoms with Crippen LogP contribution in [0.1, 0.15) is 50.8 Å². The van der Waals surface area contributed by atoms with Crippen molar-refractivity contribution in [3.8, 4) is 0 Å². The van der Waals surface area contributed by atoms with E-state index in [0.29, 0.717) is 17.6 Å². The number of nitrogens with one attached hydrogen (secondary N) is 3. The molecule has 1 aliphatic heterocycles. The van der Waals surface area contributed by atoms with Gasteiger partial charge in [0, 0.05) is 30.8 Å². The quantitative estimate of drug-likeness (QED) is 0.427. The van der Waals surface area contributed by atoms with Gasteiger partial charge in [0.1, 0.15) is 11.6 Å². The van der Waals surface area contributed by atoms with Crippen molar-refractivity contribution in [1.29, 1.82) is 0 Å². The number of hydrazine groups is 1. The average Bonchev–Trinajstić information content (AvgIpc) is 3.39. The molecule has 34 heavy (non-hydrogen) atoms. The second kappa shape index (κ2) is 8.43. The van der Waals surface area contributed by atoms with E-state index in [2.05, 4.69) is 26.1 Å². The Labute approximate surface area is 197 Å². The summed E-state index contributed by atoms with van der Waals surface area (Å²) in [5.74, 6) is 0.318. The SMILES string of the molecule is CC(C)n1nc(C2CCCC3NNCC32)c2c(N)nc(Nc3ccc(S(C)(=O)=O)cc3F)nc21.